The van der Waals surface area contributed by atoms with Gasteiger partial charge in [0, 0.05) is 31.4 Å². The minimum atomic E-state index is -0.124. The van der Waals surface area contributed by atoms with Gasteiger partial charge in [0.05, 0.1) is 7.11 Å². The molecular weight excluding hydrogens is 272 g/mol. The van der Waals surface area contributed by atoms with Crippen molar-refractivity contribution < 1.29 is 19.0 Å². The van der Waals surface area contributed by atoms with Crippen molar-refractivity contribution in [2.75, 3.05) is 26.9 Å². The lowest BCUT2D eigenvalue weighted by Crippen LogP contribution is -2.41. The summed E-state index contributed by atoms with van der Waals surface area (Å²) >= 11 is 0. The number of carbonyl (C=O) groups is 1. The maximum absolute atomic E-state index is 11.9. The highest BCUT2D eigenvalue weighted by molar-refractivity contribution is 5.77. The lowest BCUT2D eigenvalue weighted by atomic mass is 10.1. The van der Waals surface area contributed by atoms with Crippen LogP contribution in [0, 0.1) is 0 Å². The molecule has 0 aliphatic carbocycles. The van der Waals surface area contributed by atoms with Gasteiger partial charge in [0.1, 0.15) is 11.5 Å². The largest absolute Gasteiger partial charge is 0.497 e. The fraction of sp³-hybridized carbons (Fsp3) is 0.533. The van der Waals surface area contributed by atoms with Crippen LogP contribution in [0.25, 0.3) is 0 Å². The number of nitrogens with one attached hydrogen (secondary N) is 1. The van der Waals surface area contributed by atoms with Gasteiger partial charge in [0.15, 0.2) is 6.61 Å². The van der Waals surface area contributed by atoms with Gasteiger partial charge >= 0.3 is 0 Å². The summed E-state index contributed by atoms with van der Waals surface area (Å²) in [4.78, 5) is 11.9. The van der Waals surface area contributed by atoms with E-state index in [4.69, 9.17) is 19.9 Å². The SMILES string of the molecule is COc1ccc(OCC(=O)NC2CCOCC2)c(CN)c1. The monoisotopic (exact) mass is 294 g/mol. The Morgan fingerprint density at radius 3 is 2.86 bits per heavy atom. The summed E-state index contributed by atoms with van der Waals surface area (Å²) in [6, 6.07) is 5.54. The van der Waals surface area contributed by atoms with Crippen LogP contribution in [0.3, 0.4) is 0 Å². The lowest BCUT2D eigenvalue weighted by Gasteiger charge is -2.23. The van der Waals surface area contributed by atoms with E-state index in [9.17, 15) is 4.79 Å². The van der Waals surface area contributed by atoms with E-state index in [1.165, 1.54) is 0 Å². The maximum Gasteiger partial charge on any atom is 0.258 e. The molecule has 3 N–H and O–H groups in total. The molecule has 0 bridgehead atoms. The fourth-order valence-corrected chi connectivity index (χ4v) is 2.24. The summed E-state index contributed by atoms with van der Waals surface area (Å²) in [6.45, 7) is 1.70. The standard InChI is InChI=1S/C15H22N2O4/c1-19-13-2-3-14(11(8-13)9-16)21-10-15(18)17-12-4-6-20-7-5-12/h2-3,8,12H,4-7,9-10,16H2,1H3,(H,17,18). The van der Waals surface area contributed by atoms with Crippen molar-refractivity contribution in [1.82, 2.24) is 5.32 Å². The van der Waals surface area contributed by atoms with E-state index < -0.39 is 0 Å². The molecule has 0 radical (unpaired) electrons. The van der Waals surface area contributed by atoms with E-state index in [0.717, 1.165) is 24.2 Å². The summed E-state index contributed by atoms with van der Waals surface area (Å²) in [5, 5.41) is 2.95. The molecule has 0 unspecified atom stereocenters. The summed E-state index contributed by atoms with van der Waals surface area (Å²) in [5.74, 6) is 1.20. The maximum atomic E-state index is 11.9. The van der Waals surface area contributed by atoms with Gasteiger partial charge in [-0.2, -0.15) is 0 Å². The van der Waals surface area contributed by atoms with Crippen LogP contribution in [0.15, 0.2) is 18.2 Å². The number of rotatable bonds is 6. The second kappa shape index (κ2) is 7.85. The highest BCUT2D eigenvalue weighted by atomic mass is 16.5. The normalized spacial score (nSPS) is 15.5. The molecule has 1 aliphatic rings. The van der Waals surface area contributed by atoms with E-state index in [2.05, 4.69) is 5.32 Å². The van der Waals surface area contributed by atoms with E-state index in [1.54, 1.807) is 19.2 Å². The van der Waals surface area contributed by atoms with E-state index in [1.807, 2.05) is 6.07 Å². The third kappa shape index (κ3) is 4.61. The number of hydrogen-bond acceptors (Lipinski definition) is 5. The molecule has 1 heterocycles. The van der Waals surface area contributed by atoms with Gasteiger partial charge in [0.2, 0.25) is 0 Å². The molecule has 1 amide bonds. The van der Waals surface area contributed by atoms with Gasteiger partial charge in [0.25, 0.3) is 5.91 Å². The first-order valence-electron chi connectivity index (χ1n) is 7.10. The minimum absolute atomic E-state index is 0.0172. The molecular formula is C15H22N2O4. The summed E-state index contributed by atoms with van der Waals surface area (Å²) in [5.41, 5.74) is 6.49. The number of amides is 1. The second-order valence-electron chi connectivity index (χ2n) is 4.92. The average Bonchev–Trinajstić information content (AvgIpc) is 2.53. The Labute approximate surface area is 124 Å². The Kier molecular flexibility index (Phi) is 5.83. The molecule has 1 aromatic rings. The van der Waals surface area contributed by atoms with Crippen LogP contribution in [0.4, 0.5) is 0 Å². The summed E-state index contributed by atoms with van der Waals surface area (Å²) in [6.07, 6.45) is 1.70. The van der Waals surface area contributed by atoms with Crippen LogP contribution in [-0.4, -0.2) is 38.9 Å². The molecule has 6 nitrogen and oxygen atoms in total. The molecule has 6 heteroatoms. The Balaban J connectivity index is 1.85. The zero-order chi connectivity index (χ0) is 15.1. The van der Waals surface area contributed by atoms with Crippen molar-refractivity contribution >= 4 is 5.91 Å². The second-order valence-corrected chi connectivity index (χ2v) is 4.92. The zero-order valence-corrected chi connectivity index (χ0v) is 12.3. The molecule has 0 spiro atoms. The van der Waals surface area contributed by atoms with E-state index in [-0.39, 0.29) is 18.6 Å². The first-order valence-corrected chi connectivity index (χ1v) is 7.10. The number of carbonyl (C=O) groups excluding carboxylic acids is 1. The minimum Gasteiger partial charge on any atom is -0.497 e. The van der Waals surface area contributed by atoms with Crippen molar-refractivity contribution in [2.45, 2.75) is 25.4 Å². The molecule has 21 heavy (non-hydrogen) atoms. The molecule has 1 aromatic carbocycles. The van der Waals surface area contributed by atoms with Crippen LogP contribution in [0.5, 0.6) is 11.5 Å². The zero-order valence-electron chi connectivity index (χ0n) is 12.3. The van der Waals surface area contributed by atoms with Gasteiger partial charge in [-0.3, -0.25) is 4.79 Å². The molecule has 0 saturated carbocycles. The van der Waals surface area contributed by atoms with Crippen LogP contribution < -0.4 is 20.5 Å². The molecule has 1 aliphatic heterocycles. The van der Waals surface area contributed by atoms with E-state index >= 15 is 0 Å². The Bertz CT molecular complexity index is 473. The molecule has 0 aromatic heterocycles. The van der Waals surface area contributed by atoms with Crippen molar-refractivity contribution in [3.05, 3.63) is 23.8 Å². The number of nitrogens with two attached hydrogens (primary N) is 1. The number of ether oxygens (including phenoxy) is 3. The van der Waals surface area contributed by atoms with Crippen LogP contribution >= 0.6 is 0 Å². The van der Waals surface area contributed by atoms with Gasteiger partial charge in [-0.15, -0.1) is 0 Å². The number of methoxy groups -OCH3 is 1. The number of benzene rings is 1. The average molecular weight is 294 g/mol. The topological polar surface area (TPSA) is 82.8 Å². The summed E-state index contributed by atoms with van der Waals surface area (Å²) in [7, 11) is 1.59. The first kappa shape index (κ1) is 15.6. The van der Waals surface area contributed by atoms with E-state index in [0.29, 0.717) is 25.5 Å². The molecule has 1 fully saturated rings. The highest BCUT2D eigenvalue weighted by Gasteiger charge is 2.16. The molecule has 1 saturated heterocycles. The highest BCUT2D eigenvalue weighted by Crippen LogP contribution is 2.23. The fourth-order valence-electron chi connectivity index (χ4n) is 2.24. The van der Waals surface area contributed by atoms with Crippen molar-refractivity contribution in [2.24, 2.45) is 5.73 Å². The van der Waals surface area contributed by atoms with Crippen LogP contribution in [0.1, 0.15) is 18.4 Å². The third-order valence-electron chi connectivity index (χ3n) is 3.43. The van der Waals surface area contributed by atoms with Crippen molar-refractivity contribution in [1.29, 1.82) is 0 Å². The van der Waals surface area contributed by atoms with Gasteiger partial charge in [-0.1, -0.05) is 0 Å². The van der Waals surface area contributed by atoms with Crippen LogP contribution in [0.2, 0.25) is 0 Å². The predicted molar refractivity (Wildman–Crippen MR) is 78.4 cm³/mol. The van der Waals surface area contributed by atoms with Gasteiger partial charge in [-0.05, 0) is 31.0 Å². The third-order valence-corrected chi connectivity index (χ3v) is 3.43. The molecule has 116 valence electrons. The molecule has 2 rings (SSSR count). The Hall–Kier alpha value is -1.79. The van der Waals surface area contributed by atoms with Crippen LogP contribution in [-0.2, 0) is 16.1 Å². The van der Waals surface area contributed by atoms with Gasteiger partial charge in [-0.25, -0.2) is 0 Å². The summed E-state index contributed by atoms with van der Waals surface area (Å²) < 4.78 is 15.9. The predicted octanol–water partition coefficient (Wildman–Crippen LogP) is 0.828. The Morgan fingerprint density at radius 2 is 2.19 bits per heavy atom. The van der Waals surface area contributed by atoms with Gasteiger partial charge < -0.3 is 25.3 Å². The smallest absolute Gasteiger partial charge is 0.258 e. The van der Waals surface area contributed by atoms with Crippen molar-refractivity contribution in [3.8, 4) is 11.5 Å². The Morgan fingerprint density at radius 1 is 1.43 bits per heavy atom. The molecule has 0 atom stereocenters. The number of hydrogen-bond donors (Lipinski definition) is 2. The van der Waals surface area contributed by atoms with Crippen molar-refractivity contribution in [3.63, 3.8) is 0 Å². The lowest BCUT2D eigenvalue weighted by molar-refractivity contribution is -0.124. The first-order chi connectivity index (χ1) is 10.2. The quantitative estimate of drug-likeness (QED) is 0.812.